The van der Waals surface area contributed by atoms with Crippen LogP contribution < -0.4 is 5.32 Å². The number of nitrogens with one attached hydrogen (secondary N) is 1. The van der Waals surface area contributed by atoms with E-state index in [1.807, 2.05) is 6.92 Å². The van der Waals surface area contributed by atoms with Gasteiger partial charge in [0.15, 0.2) is 0 Å². The Hall–Kier alpha value is -1.72. The largest absolute Gasteiger partial charge is 0.469 e. The van der Waals surface area contributed by atoms with Gasteiger partial charge in [-0.3, -0.25) is 9.59 Å². The quantitative estimate of drug-likeness (QED) is 0.734. The standard InChI is InChI=1S/C4H8O.C3H7NO.C3H6O2.C3H6O/c1-3-4(2)5;1-3(5)4-2;1-3(4)5-2;1-3(2)4/h3H2,1-2H3;1-2H3,(H,4,5);1-2H3;1-2H3. The lowest BCUT2D eigenvalue weighted by Crippen LogP contribution is -2.11. The van der Waals surface area contributed by atoms with Crippen molar-refractivity contribution in [2.75, 3.05) is 14.2 Å². The molecular formula is C13H27NO5. The number of rotatable bonds is 1. The number of carbonyl (C=O) groups excluding carboxylic acids is 4. The van der Waals surface area contributed by atoms with Crippen LogP contribution in [0.3, 0.4) is 0 Å². The smallest absolute Gasteiger partial charge is 0.302 e. The number of carbonyl (C=O) groups is 4. The summed E-state index contributed by atoms with van der Waals surface area (Å²) in [6.45, 7) is 9.32. The zero-order chi connectivity index (χ0) is 16.4. The zero-order valence-electron chi connectivity index (χ0n) is 13.2. The van der Waals surface area contributed by atoms with Crippen molar-refractivity contribution in [2.45, 2.75) is 48.0 Å². The molecule has 0 aliphatic heterocycles. The molecule has 1 amide bonds. The van der Waals surface area contributed by atoms with Gasteiger partial charge in [0, 0.05) is 27.3 Å². The first-order chi connectivity index (χ1) is 8.54. The summed E-state index contributed by atoms with van der Waals surface area (Å²) in [5, 5.41) is 2.39. The molecule has 0 unspecified atom stereocenters. The number of hydrogen-bond acceptors (Lipinski definition) is 5. The van der Waals surface area contributed by atoms with Crippen molar-refractivity contribution < 1.29 is 23.9 Å². The Kier molecular flexibility index (Phi) is 29.5. The fourth-order valence-corrected chi connectivity index (χ4v) is 0. The molecule has 0 aromatic carbocycles. The van der Waals surface area contributed by atoms with Crippen LogP contribution in [-0.2, 0) is 23.9 Å². The van der Waals surface area contributed by atoms with Crippen LogP contribution in [0.4, 0.5) is 0 Å². The number of ether oxygens (including phenoxy) is 1. The minimum atomic E-state index is -0.245. The van der Waals surface area contributed by atoms with E-state index in [0.29, 0.717) is 6.42 Å². The average molecular weight is 277 g/mol. The molecule has 6 heteroatoms. The van der Waals surface area contributed by atoms with Gasteiger partial charge in [-0.25, -0.2) is 0 Å². The van der Waals surface area contributed by atoms with Gasteiger partial charge in [-0.1, -0.05) is 6.92 Å². The van der Waals surface area contributed by atoms with Gasteiger partial charge < -0.3 is 19.6 Å². The Labute approximate surface area is 115 Å². The summed E-state index contributed by atoms with van der Waals surface area (Å²) in [6, 6.07) is 0. The maximum absolute atomic E-state index is 9.81. The lowest BCUT2D eigenvalue weighted by molar-refractivity contribution is -0.138. The van der Waals surface area contributed by atoms with E-state index < -0.39 is 0 Å². The molecule has 6 nitrogen and oxygen atoms in total. The van der Waals surface area contributed by atoms with Gasteiger partial charge in [0.1, 0.15) is 11.6 Å². The zero-order valence-corrected chi connectivity index (χ0v) is 13.2. The molecule has 19 heavy (non-hydrogen) atoms. The van der Waals surface area contributed by atoms with E-state index in [1.54, 1.807) is 14.0 Å². The molecule has 114 valence electrons. The van der Waals surface area contributed by atoms with Gasteiger partial charge in [-0.2, -0.15) is 0 Å². The van der Waals surface area contributed by atoms with Crippen molar-refractivity contribution in [3.8, 4) is 0 Å². The number of Topliss-reactive ketones (excluding diaryl/α,β-unsaturated/α-hetero) is 2. The van der Waals surface area contributed by atoms with E-state index in [0.717, 1.165) is 0 Å². The molecule has 0 spiro atoms. The van der Waals surface area contributed by atoms with Crippen LogP contribution in [0.5, 0.6) is 0 Å². The first-order valence-electron chi connectivity index (χ1n) is 5.74. The third kappa shape index (κ3) is 181. The first kappa shape index (κ1) is 26.0. The minimum absolute atomic E-state index is 0.00463. The summed E-state index contributed by atoms with van der Waals surface area (Å²) in [6.07, 6.45) is 0.667. The van der Waals surface area contributed by atoms with Crippen LogP contribution in [-0.4, -0.2) is 37.6 Å². The maximum Gasteiger partial charge on any atom is 0.302 e. The second-order valence-electron chi connectivity index (χ2n) is 3.47. The summed E-state index contributed by atoms with van der Waals surface area (Å²) in [5.41, 5.74) is 0. The monoisotopic (exact) mass is 277 g/mol. The van der Waals surface area contributed by atoms with Gasteiger partial charge >= 0.3 is 5.97 Å². The predicted molar refractivity (Wildman–Crippen MR) is 74.8 cm³/mol. The Morgan fingerprint density at radius 3 is 1.11 bits per heavy atom. The van der Waals surface area contributed by atoms with Crippen molar-refractivity contribution >= 4 is 23.4 Å². The average Bonchev–Trinajstić information content (AvgIpc) is 2.29. The minimum Gasteiger partial charge on any atom is -0.469 e. The van der Waals surface area contributed by atoms with Crippen LogP contribution in [0.25, 0.3) is 0 Å². The second kappa shape index (κ2) is 21.6. The van der Waals surface area contributed by atoms with Gasteiger partial charge in [0.25, 0.3) is 0 Å². The fourth-order valence-electron chi connectivity index (χ4n) is 0. The highest BCUT2D eigenvalue weighted by molar-refractivity contribution is 5.74. The third-order valence-corrected chi connectivity index (χ3v) is 1.14. The van der Waals surface area contributed by atoms with E-state index in [4.69, 9.17) is 0 Å². The number of amides is 1. The fraction of sp³-hybridized carbons (Fsp3) is 0.692. The molecule has 0 saturated heterocycles. The van der Waals surface area contributed by atoms with Gasteiger partial charge in [0.05, 0.1) is 7.11 Å². The van der Waals surface area contributed by atoms with E-state index >= 15 is 0 Å². The van der Waals surface area contributed by atoms with Crippen LogP contribution in [0.1, 0.15) is 48.0 Å². The summed E-state index contributed by atoms with van der Waals surface area (Å²) < 4.78 is 4.11. The summed E-state index contributed by atoms with van der Waals surface area (Å²) >= 11 is 0. The molecular weight excluding hydrogens is 250 g/mol. The maximum atomic E-state index is 9.81. The lowest BCUT2D eigenvalue weighted by atomic mass is 10.4. The molecule has 0 saturated carbocycles. The number of methoxy groups -OCH3 is 1. The van der Waals surface area contributed by atoms with Crippen molar-refractivity contribution in [3.05, 3.63) is 0 Å². The van der Waals surface area contributed by atoms with Crippen LogP contribution in [0.15, 0.2) is 0 Å². The molecule has 0 radical (unpaired) electrons. The predicted octanol–water partition coefficient (Wildman–Crippen LogP) is 1.51. The topological polar surface area (TPSA) is 89.5 Å². The number of esters is 1. The van der Waals surface area contributed by atoms with Crippen molar-refractivity contribution in [1.82, 2.24) is 5.32 Å². The molecule has 0 rings (SSSR count). The Bertz CT molecular complexity index is 224. The van der Waals surface area contributed by atoms with Crippen LogP contribution >= 0.6 is 0 Å². The van der Waals surface area contributed by atoms with Crippen molar-refractivity contribution in [3.63, 3.8) is 0 Å². The highest BCUT2D eigenvalue weighted by atomic mass is 16.5. The molecule has 0 heterocycles. The van der Waals surface area contributed by atoms with E-state index in [-0.39, 0.29) is 23.4 Å². The molecule has 1 N–H and O–H groups in total. The van der Waals surface area contributed by atoms with Gasteiger partial charge in [-0.05, 0) is 20.8 Å². The van der Waals surface area contributed by atoms with Gasteiger partial charge in [-0.15, -0.1) is 0 Å². The second-order valence-corrected chi connectivity index (χ2v) is 3.47. The summed E-state index contributed by atoms with van der Waals surface area (Å²) in [5.74, 6) is 0.181. The molecule has 0 fully saturated rings. The van der Waals surface area contributed by atoms with Gasteiger partial charge in [0.2, 0.25) is 5.91 Å². The van der Waals surface area contributed by atoms with E-state index in [2.05, 4.69) is 10.1 Å². The highest BCUT2D eigenvalue weighted by Crippen LogP contribution is 1.71. The summed E-state index contributed by atoms with van der Waals surface area (Å²) in [7, 11) is 2.95. The Morgan fingerprint density at radius 1 is 0.947 bits per heavy atom. The normalized spacial score (nSPS) is 6.95. The first-order valence-corrected chi connectivity index (χ1v) is 5.74. The Balaban J connectivity index is -0.0000000793. The lowest BCUT2D eigenvalue weighted by Gasteiger charge is -1.80. The van der Waals surface area contributed by atoms with Crippen molar-refractivity contribution in [2.24, 2.45) is 0 Å². The Morgan fingerprint density at radius 2 is 1.11 bits per heavy atom. The number of ketones is 2. The van der Waals surface area contributed by atoms with Crippen LogP contribution in [0, 0.1) is 0 Å². The van der Waals surface area contributed by atoms with Crippen LogP contribution in [0.2, 0.25) is 0 Å². The summed E-state index contributed by atoms with van der Waals surface area (Å²) in [4.78, 5) is 38.5. The third-order valence-electron chi connectivity index (χ3n) is 1.14. The SMILES string of the molecule is CC(C)=O.CCC(C)=O.CNC(C)=O.COC(C)=O. The van der Waals surface area contributed by atoms with Crippen molar-refractivity contribution in [1.29, 1.82) is 0 Å². The number of hydrogen-bond donors (Lipinski definition) is 1. The molecule has 0 bridgehead atoms. The van der Waals surface area contributed by atoms with E-state index in [9.17, 15) is 19.2 Å². The molecule has 0 aliphatic rings. The van der Waals surface area contributed by atoms with E-state index in [1.165, 1.54) is 34.8 Å². The molecule has 0 aliphatic carbocycles. The highest BCUT2D eigenvalue weighted by Gasteiger charge is 1.77. The molecule has 0 aromatic rings. The molecule has 0 atom stereocenters. The molecule has 0 aromatic heterocycles.